The van der Waals surface area contributed by atoms with Gasteiger partial charge in [-0.05, 0) is 24.5 Å². The summed E-state index contributed by atoms with van der Waals surface area (Å²) < 4.78 is 5.13. The van der Waals surface area contributed by atoms with E-state index in [1.165, 1.54) is 0 Å². The predicted molar refractivity (Wildman–Crippen MR) is 72.5 cm³/mol. The number of hydrogen-bond acceptors (Lipinski definition) is 3. The zero-order valence-electron chi connectivity index (χ0n) is 11.4. The molecule has 1 aromatic rings. The minimum Gasteiger partial charge on any atom is -0.497 e. The summed E-state index contributed by atoms with van der Waals surface area (Å²) in [5, 5.41) is 12.5. The van der Waals surface area contributed by atoms with Crippen LogP contribution in [0, 0.1) is 5.92 Å². The molecule has 0 aliphatic rings. The van der Waals surface area contributed by atoms with Crippen molar-refractivity contribution in [2.75, 3.05) is 12.4 Å². The Bertz CT molecular complexity index is 416. The first kappa shape index (κ1) is 14.4. The molecule has 1 aromatic carbocycles. The standard InChI is InChI=1S/C14H21NO3/c1-5-12(9(2)3)15-13-8-10(18-4)6-7-11(13)14(16)17/h6-9,12,15H,5H2,1-4H3,(H,16,17). The van der Waals surface area contributed by atoms with Gasteiger partial charge in [-0.1, -0.05) is 20.8 Å². The number of carboxylic acid groups (broad SMARTS) is 1. The highest BCUT2D eigenvalue weighted by Gasteiger charge is 2.16. The minimum atomic E-state index is -0.932. The van der Waals surface area contributed by atoms with E-state index in [1.807, 2.05) is 0 Å². The van der Waals surface area contributed by atoms with Gasteiger partial charge in [-0.3, -0.25) is 0 Å². The Labute approximate surface area is 108 Å². The highest BCUT2D eigenvalue weighted by Crippen LogP contribution is 2.25. The van der Waals surface area contributed by atoms with Gasteiger partial charge < -0.3 is 15.2 Å². The number of rotatable bonds is 6. The van der Waals surface area contributed by atoms with Crippen molar-refractivity contribution >= 4 is 11.7 Å². The maximum atomic E-state index is 11.2. The van der Waals surface area contributed by atoms with Crippen LogP contribution in [0.25, 0.3) is 0 Å². The highest BCUT2D eigenvalue weighted by atomic mass is 16.5. The quantitative estimate of drug-likeness (QED) is 0.815. The normalized spacial score (nSPS) is 12.3. The molecular formula is C14H21NO3. The SMILES string of the molecule is CCC(Nc1cc(OC)ccc1C(=O)O)C(C)C. The zero-order valence-corrected chi connectivity index (χ0v) is 11.4. The third-order valence-corrected chi connectivity index (χ3v) is 3.04. The average molecular weight is 251 g/mol. The van der Waals surface area contributed by atoms with E-state index in [0.29, 0.717) is 17.4 Å². The molecule has 0 aromatic heterocycles. The lowest BCUT2D eigenvalue weighted by Crippen LogP contribution is -2.25. The van der Waals surface area contributed by atoms with E-state index in [1.54, 1.807) is 25.3 Å². The highest BCUT2D eigenvalue weighted by molar-refractivity contribution is 5.94. The number of carbonyl (C=O) groups is 1. The van der Waals surface area contributed by atoms with Crippen molar-refractivity contribution in [1.29, 1.82) is 0 Å². The van der Waals surface area contributed by atoms with Crippen molar-refractivity contribution < 1.29 is 14.6 Å². The molecule has 18 heavy (non-hydrogen) atoms. The third-order valence-electron chi connectivity index (χ3n) is 3.04. The number of carboxylic acids is 1. The summed E-state index contributed by atoms with van der Waals surface area (Å²) in [6.07, 6.45) is 0.938. The lowest BCUT2D eigenvalue weighted by atomic mass is 10.0. The third kappa shape index (κ3) is 3.39. The van der Waals surface area contributed by atoms with Crippen molar-refractivity contribution in [3.63, 3.8) is 0 Å². The fourth-order valence-electron chi connectivity index (χ4n) is 1.90. The fraction of sp³-hybridized carbons (Fsp3) is 0.500. The molecule has 0 fully saturated rings. The molecule has 1 atom stereocenters. The predicted octanol–water partition coefficient (Wildman–Crippen LogP) is 3.24. The first-order valence-electron chi connectivity index (χ1n) is 6.17. The molecule has 100 valence electrons. The second-order valence-corrected chi connectivity index (χ2v) is 4.62. The average Bonchev–Trinajstić information content (AvgIpc) is 2.34. The van der Waals surface area contributed by atoms with E-state index in [2.05, 4.69) is 26.1 Å². The van der Waals surface area contributed by atoms with Crippen LogP contribution >= 0.6 is 0 Å². The number of aromatic carboxylic acids is 1. The molecule has 0 radical (unpaired) electrons. The van der Waals surface area contributed by atoms with Crippen LogP contribution in [-0.4, -0.2) is 24.2 Å². The first-order chi connectivity index (χ1) is 8.49. The summed E-state index contributed by atoms with van der Waals surface area (Å²) in [6.45, 7) is 6.31. The van der Waals surface area contributed by atoms with Crippen LogP contribution in [0.2, 0.25) is 0 Å². The molecule has 2 N–H and O–H groups in total. The summed E-state index contributed by atoms with van der Waals surface area (Å²) in [4.78, 5) is 11.2. The van der Waals surface area contributed by atoms with Crippen LogP contribution in [-0.2, 0) is 0 Å². The molecule has 0 spiro atoms. The van der Waals surface area contributed by atoms with Gasteiger partial charge >= 0.3 is 5.97 Å². The smallest absolute Gasteiger partial charge is 0.337 e. The second kappa shape index (κ2) is 6.28. The van der Waals surface area contributed by atoms with Gasteiger partial charge in [0.15, 0.2) is 0 Å². The summed E-state index contributed by atoms with van der Waals surface area (Å²) in [5.74, 6) is 0.155. The van der Waals surface area contributed by atoms with Crippen LogP contribution in [0.3, 0.4) is 0 Å². The largest absolute Gasteiger partial charge is 0.497 e. The Morgan fingerprint density at radius 2 is 2.11 bits per heavy atom. The molecule has 0 aliphatic carbocycles. The molecule has 0 aliphatic heterocycles. The molecule has 0 heterocycles. The maximum Gasteiger partial charge on any atom is 0.337 e. The molecule has 0 bridgehead atoms. The molecule has 1 rings (SSSR count). The summed E-state index contributed by atoms with van der Waals surface area (Å²) >= 11 is 0. The van der Waals surface area contributed by atoms with Crippen molar-refractivity contribution in [2.45, 2.75) is 33.2 Å². The molecule has 0 saturated carbocycles. The molecule has 1 unspecified atom stereocenters. The van der Waals surface area contributed by atoms with Crippen LogP contribution in [0.1, 0.15) is 37.6 Å². The number of methoxy groups -OCH3 is 1. The van der Waals surface area contributed by atoms with E-state index < -0.39 is 5.97 Å². The second-order valence-electron chi connectivity index (χ2n) is 4.62. The summed E-state index contributed by atoms with van der Waals surface area (Å²) in [5.41, 5.74) is 0.886. The molecular weight excluding hydrogens is 230 g/mol. The molecule has 0 saturated heterocycles. The lowest BCUT2D eigenvalue weighted by Gasteiger charge is -2.23. The van der Waals surface area contributed by atoms with Gasteiger partial charge in [0.1, 0.15) is 5.75 Å². The number of nitrogens with one attached hydrogen (secondary N) is 1. The van der Waals surface area contributed by atoms with Crippen molar-refractivity contribution in [1.82, 2.24) is 0 Å². The number of anilines is 1. The number of ether oxygens (including phenoxy) is 1. The minimum absolute atomic E-state index is 0.246. The summed E-state index contributed by atoms with van der Waals surface area (Å²) in [6, 6.07) is 5.20. The van der Waals surface area contributed by atoms with E-state index in [9.17, 15) is 9.90 Å². The molecule has 4 nitrogen and oxygen atoms in total. The number of benzene rings is 1. The van der Waals surface area contributed by atoms with Gasteiger partial charge in [0.05, 0.1) is 18.4 Å². The van der Waals surface area contributed by atoms with Crippen LogP contribution in [0.5, 0.6) is 5.75 Å². The van der Waals surface area contributed by atoms with Crippen molar-refractivity contribution in [3.05, 3.63) is 23.8 Å². The molecule has 0 amide bonds. The first-order valence-corrected chi connectivity index (χ1v) is 6.17. The van der Waals surface area contributed by atoms with Crippen LogP contribution < -0.4 is 10.1 Å². The zero-order chi connectivity index (χ0) is 13.7. The van der Waals surface area contributed by atoms with Crippen LogP contribution in [0.4, 0.5) is 5.69 Å². The summed E-state index contributed by atoms with van der Waals surface area (Å²) in [7, 11) is 1.57. The number of hydrogen-bond donors (Lipinski definition) is 2. The monoisotopic (exact) mass is 251 g/mol. The van der Waals surface area contributed by atoms with Crippen molar-refractivity contribution in [3.8, 4) is 5.75 Å². The van der Waals surface area contributed by atoms with Crippen LogP contribution in [0.15, 0.2) is 18.2 Å². The van der Waals surface area contributed by atoms with Gasteiger partial charge in [0.2, 0.25) is 0 Å². The van der Waals surface area contributed by atoms with Gasteiger partial charge in [0, 0.05) is 12.1 Å². The van der Waals surface area contributed by atoms with E-state index in [-0.39, 0.29) is 11.6 Å². The fourth-order valence-corrected chi connectivity index (χ4v) is 1.90. The molecule has 4 heteroatoms. The van der Waals surface area contributed by atoms with E-state index >= 15 is 0 Å². The Kier molecular flexibility index (Phi) is 5.01. The maximum absolute atomic E-state index is 11.2. The van der Waals surface area contributed by atoms with E-state index in [0.717, 1.165) is 6.42 Å². The van der Waals surface area contributed by atoms with Gasteiger partial charge in [-0.25, -0.2) is 4.79 Å². The topological polar surface area (TPSA) is 58.6 Å². The van der Waals surface area contributed by atoms with Gasteiger partial charge in [0.25, 0.3) is 0 Å². The Morgan fingerprint density at radius 1 is 1.44 bits per heavy atom. The van der Waals surface area contributed by atoms with E-state index in [4.69, 9.17) is 4.74 Å². The van der Waals surface area contributed by atoms with Gasteiger partial charge in [-0.2, -0.15) is 0 Å². The lowest BCUT2D eigenvalue weighted by molar-refractivity contribution is 0.0698. The Balaban J connectivity index is 3.07. The Hall–Kier alpha value is -1.71. The van der Waals surface area contributed by atoms with Crippen molar-refractivity contribution in [2.24, 2.45) is 5.92 Å². The Morgan fingerprint density at radius 3 is 2.56 bits per heavy atom. The van der Waals surface area contributed by atoms with Gasteiger partial charge in [-0.15, -0.1) is 0 Å².